The van der Waals surface area contributed by atoms with Gasteiger partial charge in [-0.2, -0.15) is 4.98 Å². The topological polar surface area (TPSA) is 63.8 Å². The SMILES string of the molecule is Cc1cc2c(NCC3CCCC3C)nc(N)nc2s1. The minimum atomic E-state index is 0.358. The number of nitrogens with two attached hydrogens (primary N) is 1. The second kappa shape index (κ2) is 4.96. The van der Waals surface area contributed by atoms with Crippen LogP contribution < -0.4 is 11.1 Å². The number of thiophene rings is 1. The van der Waals surface area contributed by atoms with Gasteiger partial charge in [-0.3, -0.25) is 0 Å². The molecule has 0 aromatic carbocycles. The normalized spacial score (nSPS) is 23.1. The van der Waals surface area contributed by atoms with Crippen LogP contribution in [0.5, 0.6) is 0 Å². The van der Waals surface area contributed by atoms with Crippen LogP contribution in [0.4, 0.5) is 11.8 Å². The van der Waals surface area contributed by atoms with Crippen molar-refractivity contribution in [1.29, 1.82) is 0 Å². The third-order valence-corrected chi connectivity index (χ3v) is 5.05. The first-order chi connectivity index (χ1) is 9.13. The lowest BCUT2D eigenvalue weighted by atomic mass is 9.98. The molecule has 0 radical (unpaired) electrons. The van der Waals surface area contributed by atoms with Gasteiger partial charge in [0, 0.05) is 11.4 Å². The Bertz CT molecular complexity index is 592. The molecule has 3 N–H and O–H groups in total. The first-order valence-electron chi connectivity index (χ1n) is 6.91. The summed E-state index contributed by atoms with van der Waals surface area (Å²) in [4.78, 5) is 10.9. The molecule has 0 amide bonds. The van der Waals surface area contributed by atoms with Crippen molar-refractivity contribution < 1.29 is 0 Å². The maximum Gasteiger partial charge on any atom is 0.223 e. The van der Waals surface area contributed by atoms with Crippen molar-refractivity contribution in [3.8, 4) is 0 Å². The lowest BCUT2D eigenvalue weighted by Crippen LogP contribution is -2.17. The summed E-state index contributed by atoms with van der Waals surface area (Å²) in [5.74, 6) is 2.82. The molecule has 0 bridgehead atoms. The molecule has 0 aliphatic heterocycles. The van der Waals surface area contributed by atoms with Gasteiger partial charge in [-0.25, -0.2) is 4.98 Å². The highest BCUT2D eigenvalue weighted by atomic mass is 32.1. The van der Waals surface area contributed by atoms with Crippen LogP contribution in [0.15, 0.2) is 6.07 Å². The molecule has 5 heteroatoms. The van der Waals surface area contributed by atoms with E-state index in [1.54, 1.807) is 11.3 Å². The maximum atomic E-state index is 5.79. The molecule has 1 fully saturated rings. The van der Waals surface area contributed by atoms with Gasteiger partial charge in [-0.1, -0.05) is 19.8 Å². The van der Waals surface area contributed by atoms with Gasteiger partial charge in [0.1, 0.15) is 10.6 Å². The highest BCUT2D eigenvalue weighted by Gasteiger charge is 2.23. The minimum absolute atomic E-state index is 0.358. The second-order valence-electron chi connectivity index (χ2n) is 5.56. The predicted octanol–water partition coefficient (Wildman–Crippen LogP) is 3.43. The van der Waals surface area contributed by atoms with Crippen molar-refractivity contribution in [3.63, 3.8) is 0 Å². The fraction of sp³-hybridized carbons (Fsp3) is 0.571. The number of aryl methyl sites for hydroxylation is 1. The molecule has 2 aromatic heterocycles. The maximum absolute atomic E-state index is 5.79. The van der Waals surface area contributed by atoms with E-state index in [1.165, 1.54) is 24.1 Å². The van der Waals surface area contributed by atoms with Gasteiger partial charge >= 0.3 is 0 Å². The van der Waals surface area contributed by atoms with E-state index in [4.69, 9.17) is 5.73 Å². The molecule has 2 heterocycles. The fourth-order valence-corrected chi connectivity index (χ4v) is 3.83. The third kappa shape index (κ3) is 2.52. The zero-order valence-electron chi connectivity index (χ0n) is 11.4. The summed E-state index contributed by atoms with van der Waals surface area (Å²) in [5.41, 5.74) is 5.79. The van der Waals surface area contributed by atoms with E-state index in [1.807, 2.05) is 0 Å². The molecule has 0 spiro atoms. The largest absolute Gasteiger partial charge is 0.369 e. The quantitative estimate of drug-likeness (QED) is 0.901. The summed E-state index contributed by atoms with van der Waals surface area (Å²) in [5, 5.41) is 4.59. The number of aromatic nitrogens is 2. The fourth-order valence-electron chi connectivity index (χ4n) is 2.95. The molecule has 0 saturated heterocycles. The van der Waals surface area contributed by atoms with Gasteiger partial charge in [0.05, 0.1) is 5.39 Å². The molecule has 102 valence electrons. The van der Waals surface area contributed by atoms with Crippen molar-refractivity contribution in [2.75, 3.05) is 17.6 Å². The molecule has 2 atom stereocenters. The van der Waals surface area contributed by atoms with E-state index in [0.717, 1.165) is 34.4 Å². The Hall–Kier alpha value is -1.36. The van der Waals surface area contributed by atoms with Gasteiger partial charge in [0.2, 0.25) is 5.95 Å². The van der Waals surface area contributed by atoms with E-state index in [-0.39, 0.29) is 0 Å². The number of fused-ring (bicyclic) bond motifs is 1. The standard InChI is InChI=1S/C14H20N4S/c1-8-4-3-5-10(8)7-16-12-11-6-9(2)19-13(11)18-14(15)17-12/h6,8,10H,3-5,7H2,1-2H3,(H3,15,16,17,18). The minimum Gasteiger partial charge on any atom is -0.369 e. The summed E-state index contributed by atoms with van der Waals surface area (Å²) in [7, 11) is 0. The summed E-state index contributed by atoms with van der Waals surface area (Å²) in [6.45, 7) is 5.42. The van der Waals surface area contributed by atoms with Crippen LogP contribution in [0.25, 0.3) is 10.2 Å². The van der Waals surface area contributed by atoms with Crippen LogP contribution in [-0.2, 0) is 0 Å². The Kier molecular flexibility index (Phi) is 3.31. The van der Waals surface area contributed by atoms with E-state index < -0.39 is 0 Å². The van der Waals surface area contributed by atoms with Gasteiger partial charge in [-0.15, -0.1) is 11.3 Å². The number of hydrogen-bond acceptors (Lipinski definition) is 5. The lowest BCUT2D eigenvalue weighted by Gasteiger charge is -2.16. The average molecular weight is 276 g/mol. The average Bonchev–Trinajstić information content (AvgIpc) is 2.91. The van der Waals surface area contributed by atoms with Gasteiger partial charge in [0.25, 0.3) is 0 Å². The number of hydrogen-bond donors (Lipinski definition) is 2. The summed E-state index contributed by atoms with van der Waals surface area (Å²) >= 11 is 1.67. The molecule has 19 heavy (non-hydrogen) atoms. The van der Waals surface area contributed by atoms with Crippen LogP contribution in [0.1, 0.15) is 31.1 Å². The lowest BCUT2D eigenvalue weighted by molar-refractivity contribution is 0.439. The Labute approximate surface area is 117 Å². The van der Waals surface area contributed by atoms with Crippen molar-refractivity contribution in [1.82, 2.24) is 9.97 Å². The Morgan fingerprint density at radius 2 is 2.26 bits per heavy atom. The highest BCUT2D eigenvalue weighted by molar-refractivity contribution is 7.18. The highest BCUT2D eigenvalue weighted by Crippen LogP contribution is 2.33. The van der Waals surface area contributed by atoms with Crippen molar-refractivity contribution in [2.45, 2.75) is 33.1 Å². The van der Waals surface area contributed by atoms with Crippen LogP contribution >= 0.6 is 11.3 Å². The van der Waals surface area contributed by atoms with Crippen LogP contribution in [-0.4, -0.2) is 16.5 Å². The first-order valence-corrected chi connectivity index (χ1v) is 7.72. The van der Waals surface area contributed by atoms with Gasteiger partial charge in [0.15, 0.2) is 0 Å². The van der Waals surface area contributed by atoms with Crippen molar-refractivity contribution >= 4 is 33.3 Å². The number of nitrogens with one attached hydrogen (secondary N) is 1. The summed E-state index contributed by atoms with van der Waals surface area (Å²) in [6.07, 6.45) is 4.03. The zero-order valence-corrected chi connectivity index (χ0v) is 12.3. The van der Waals surface area contributed by atoms with Crippen LogP contribution in [0.3, 0.4) is 0 Å². The number of nitrogens with zero attached hydrogens (tertiary/aromatic N) is 2. The van der Waals surface area contributed by atoms with Crippen molar-refractivity contribution in [3.05, 3.63) is 10.9 Å². The molecule has 1 aliphatic carbocycles. The molecule has 1 saturated carbocycles. The summed E-state index contributed by atoms with van der Waals surface area (Å²) < 4.78 is 0. The Morgan fingerprint density at radius 3 is 3.00 bits per heavy atom. The number of rotatable bonds is 3. The van der Waals surface area contributed by atoms with Gasteiger partial charge in [-0.05, 0) is 31.2 Å². The monoisotopic (exact) mass is 276 g/mol. The molecule has 4 nitrogen and oxygen atoms in total. The molecule has 2 aromatic rings. The predicted molar refractivity (Wildman–Crippen MR) is 81.6 cm³/mol. The van der Waals surface area contributed by atoms with E-state index >= 15 is 0 Å². The van der Waals surface area contributed by atoms with Crippen LogP contribution in [0.2, 0.25) is 0 Å². The molecular weight excluding hydrogens is 256 g/mol. The van der Waals surface area contributed by atoms with Crippen molar-refractivity contribution in [2.24, 2.45) is 11.8 Å². The Balaban J connectivity index is 1.83. The van der Waals surface area contributed by atoms with E-state index in [9.17, 15) is 0 Å². The third-order valence-electron chi connectivity index (χ3n) is 4.10. The van der Waals surface area contributed by atoms with E-state index in [2.05, 4.69) is 35.2 Å². The number of anilines is 2. The van der Waals surface area contributed by atoms with E-state index in [0.29, 0.717) is 5.95 Å². The smallest absolute Gasteiger partial charge is 0.223 e. The zero-order chi connectivity index (χ0) is 13.4. The molecular formula is C14H20N4S. The number of nitrogen functional groups attached to an aromatic ring is 1. The van der Waals surface area contributed by atoms with Gasteiger partial charge < -0.3 is 11.1 Å². The molecule has 1 aliphatic rings. The molecule has 2 unspecified atom stereocenters. The molecule has 3 rings (SSSR count). The summed E-state index contributed by atoms with van der Waals surface area (Å²) in [6, 6.07) is 2.14. The Morgan fingerprint density at radius 1 is 1.42 bits per heavy atom. The first kappa shape index (κ1) is 12.7. The second-order valence-corrected chi connectivity index (χ2v) is 6.79. The van der Waals surface area contributed by atoms with Crippen LogP contribution in [0, 0.1) is 18.8 Å².